The SMILES string of the molecule is CSc1ccc(CNc2ccc([N+](=O)[O-])cc2C(N)=O)cc1. The summed E-state index contributed by atoms with van der Waals surface area (Å²) in [5, 5.41) is 13.8. The van der Waals surface area contributed by atoms with Gasteiger partial charge in [-0.2, -0.15) is 0 Å². The summed E-state index contributed by atoms with van der Waals surface area (Å²) in [7, 11) is 0. The van der Waals surface area contributed by atoms with Crippen molar-refractivity contribution in [2.24, 2.45) is 5.73 Å². The van der Waals surface area contributed by atoms with Crippen molar-refractivity contribution in [2.45, 2.75) is 11.4 Å². The van der Waals surface area contributed by atoms with Gasteiger partial charge < -0.3 is 11.1 Å². The molecule has 0 spiro atoms. The minimum Gasteiger partial charge on any atom is -0.380 e. The maximum Gasteiger partial charge on any atom is 0.270 e. The molecular formula is C15H15N3O3S. The lowest BCUT2D eigenvalue weighted by Crippen LogP contribution is -2.14. The number of nitro benzene ring substituents is 1. The van der Waals surface area contributed by atoms with Gasteiger partial charge in [-0.05, 0) is 30.0 Å². The molecule has 0 aliphatic carbocycles. The highest BCUT2D eigenvalue weighted by Gasteiger charge is 2.14. The van der Waals surface area contributed by atoms with Crippen molar-refractivity contribution in [3.63, 3.8) is 0 Å². The number of benzene rings is 2. The molecule has 114 valence electrons. The van der Waals surface area contributed by atoms with Crippen LogP contribution in [0.25, 0.3) is 0 Å². The molecule has 1 amide bonds. The second kappa shape index (κ2) is 6.95. The van der Waals surface area contributed by atoms with E-state index < -0.39 is 10.8 Å². The Kier molecular flexibility index (Phi) is 5.00. The molecule has 0 saturated heterocycles. The number of nitro groups is 1. The second-order valence-corrected chi connectivity index (χ2v) is 5.43. The topological polar surface area (TPSA) is 98.3 Å². The van der Waals surface area contributed by atoms with Crippen LogP contribution in [-0.4, -0.2) is 17.1 Å². The van der Waals surface area contributed by atoms with Crippen LogP contribution in [0.4, 0.5) is 11.4 Å². The molecule has 7 heteroatoms. The third kappa shape index (κ3) is 3.76. The van der Waals surface area contributed by atoms with Crippen LogP contribution in [0.1, 0.15) is 15.9 Å². The van der Waals surface area contributed by atoms with Crippen LogP contribution in [0.5, 0.6) is 0 Å². The zero-order valence-corrected chi connectivity index (χ0v) is 12.7. The Morgan fingerprint density at radius 1 is 1.27 bits per heavy atom. The molecule has 2 aromatic carbocycles. The molecule has 3 N–H and O–H groups in total. The van der Waals surface area contributed by atoms with Gasteiger partial charge in [0, 0.05) is 29.3 Å². The van der Waals surface area contributed by atoms with Gasteiger partial charge in [-0.1, -0.05) is 12.1 Å². The molecule has 0 bridgehead atoms. The monoisotopic (exact) mass is 317 g/mol. The summed E-state index contributed by atoms with van der Waals surface area (Å²) in [4.78, 5) is 22.8. The normalized spacial score (nSPS) is 10.2. The quantitative estimate of drug-likeness (QED) is 0.485. The lowest BCUT2D eigenvalue weighted by atomic mass is 10.1. The number of thioether (sulfide) groups is 1. The first-order valence-corrected chi connectivity index (χ1v) is 7.69. The number of rotatable bonds is 6. The molecule has 0 aliphatic heterocycles. The lowest BCUT2D eigenvalue weighted by molar-refractivity contribution is -0.384. The number of nitrogens with zero attached hydrogens (tertiary/aromatic N) is 1. The minimum atomic E-state index is -0.705. The maximum atomic E-state index is 11.4. The average Bonchev–Trinajstić information content (AvgIpc) is 2.53. The van der Waals surface area contributed by atoms with Crippen molar-refractivity contribution in [1.82, 2.24) is 0 Å². The third-order valence-corrected chi connectivity index (χ3v) is 3.87. The first kappa shape index (κ1) is 15.8. The molecule has 0 atom stereocenters. The summed E-state index contributed by atoms with van der Waals surface area (Å²) in [6.45, 7) is 0.493. The van der Waals surface area contributed by atoms with E-state index in [1.165, 1.54) is 18.2 Å². The van der Waals surface area contributed by atoms with Crippen molar-refractivity contribution < 1.29 is 9.72 Å². The summed E-state index contributed by atoms with van der Waals surface area (Å²) in [6.07, 6.45) is 2.00. The third-order valence-electron chi connectivity index (χ3n) is 3.12. The van der Waals surface area contributed by atoms with E-state index in [0.717, 1.165) is 10.5 Å². The fourth-order valence-corrected chi connectivity index (χ4v) is 2.35. The van der Waals surface area contributed by atoms with Crippen LogP contribution in [0.3, 0.4) is 0 Å². The predicted octanol–water partition coefficient (Wildman–Crippen LogP) is 3.03. The van der Waals surface area contributed by atoms with Crippen LogP contribution in [-0.2, 0) is 6.54 Å². The van der Waals surface area contributed by atoms with Crippen molar-refractivity contribution >= 4 is 29.0 Å². The van der Waals surface area contributed by atoms with Gasteiger partial charge in [0.05, 0.1) is 10.5 Å². The van der Waals surface area contributed by atoms with Crippen molar-refractivity contribution in [1.29, 1.82) is 0 Å². The molecule has 2 rings (SSSR count). The number of carbonyl (C=O) groups is 1. The van der Waals surface area contributed by atoms with Gasteiger partial charge in [-0.15, -0.1) is 11.8 Å². The summed E-state index contributed by atoms with van der Waals surface area (Å²) in [6, 6.07) is 12.0. The van der Waals surface area contributed by atoms with Crippen LogP contribution < -0.4 is 11.1 Å². The number of hydrogen-bond donors (Lipinski definition) is 2. The van der Waals surface area contributed by atoms with Gasteiger partial charge in [0.25, 0.3) is 11.6 Å². The zero-order chi connectivity index (χ0) is 16.1. The number of nitrogens with one attached hydrogen (secondary N) is 1. The molecule has 6 nitrogen and oxygen atoms in total. The molecule has 2 aromatic rings. The van der Waals surface area contributed by atoms with Crippen molar-refractivity contribution in [3.8, 4) is 0 Å². The Balaban J connectivity index is 2.17. The van der Waals surface area contributed by atoms with Gasteiger partial charge in [0.2, 0.25) is 0 Å². The van der Waals surface area contributed by atoms with E-state index in [0.29, 0.717) is 12.2 Å². The van der Waals surface area contributed by atoms with Crippen LogP contribution in [0.2, 0.25) is 0 Å². The van der Waals surface area contributed by atoms with Crippen LogP contribution in [0, 0.1) is 10.1 Å². The van der Waals surface area contributed by atoms with Gasteiger partial charge in [-0.3, -0.25) is 14.9 Å². The first-order chi connectivity index (χ1) is 10.5. The second-order valence-electron chi connectivity index (χ2n) is 4.55. The molecule has 0 saturated carbocycles. The largest absolute Gasteiger partial charge is 0.380 e. The molecule has 0 unspecified atom stereocenters. The number of non-ortho nitro benzene ring substituents is 1. The Labute approximate surface area is 131 Å². The first-order valence-electron chi connectivity index (χ1n) is 6.46. The van der Waals surface area contributed by atoms with Gasteiger partial charge in [0.1, 0.15) is 0 Å². The van der Waals surface area contributed by atoms with Gasteiger partial charge in [0.15, 0.2) is 0 Å². The molecule has 0 aromatic heterocycles. The summed E-state index contributed by atoms with van der Waals surface area (Å²) < 4.78 is 0. The predicted molar refractivity (Wildman–Crippen MR) is 87.2 cm³/mol. The standard InChI is InChI=1S/C15H15N3O3S/c1-22-12-5-2-10(3-6-12)9-17-14-7-4-11(18(20)21)8-13(14)15(16)19/h2-8,17H,9H2,1H3,(H2,16,19). The number of nitrogens with two attached hydrogens (primary N) is 1. The highest BCUT2D eigenvalue weighted by Crippen LogP contribution is 2.23. The molecular weight excluding hydrogens is 302 g/mol. The highest BCUT2D eigenvalue weighted by atomic mass is 32.2. The average molecular weight is 317 g/mol. The summed E-state index contributed by atoms with van der Waals surface area (Å²) in [5.74, 6) is -0.705. The van der Waals surface area contributed by atoms with E-state index in [4.69, 9.17) is 5.73 Å². The fourth-order valence-electron chi connectivity index (χ4n) is 1.94. The summed E-state index contributed by atoms with van der Waals surface area (Å²) >= 11 is 1.66. The van der Waals surface area contributed by atoms with Crippen LogP contribution >= 0.6 is 11.8 Å². The number of amides is 1. The summed E-state index contributed by atoms with van der Waals surface area (Å²) in [5.41, 5.74) is 6.74. The van der Waals surface area contributed by atoms with Crippen molar-refractivity contribution in [2.75, 3.05) is 11.6 Å². The molecule has 0 radical (unpaired) electrons. The molecule has 0 aliphatic rings. The molecule has 0 heterocycles. The fraction of sp³-hybridized carbons (Fsp3) is 0.133. The smallest absolute Gasteiger partial charge is 0.270 e. The van der Waals surface area contributed by atoms with E-state index in [1.54, 1.807) is 11.8 Å². The number of primary amides is 1. The van der Waals surface area contributed by atoms with Crippen molar-refractivity contribution in [3.05, 3.63) is 63.7 Å². The number of hydrogen-bond acceptors (Lipinski definition) is 5. The Bertz CT molecular complexity index is 702. The Hall–Kier alpha value is -2.54. The van der Waals surface area contributed by atoms with E-state index in [1.807, 2.05) is 30.5 Å². The number of anilines is 1. The highest BCUT2D eigenvalue weighted by molar-refractivity contribution is 7.98. The van der Waals surface area contributed by atoms with Gasteiger partial charge in [-0.25, -0.2) is 0 Å². The molecule has 22 heavy (non-hydrogen) atoms. The van der Waals surface area contributed by atoms with E-state index in [9.17, 15) is 14.9 Å². The van der Waals surface area contributed by atoms with Gasteiger partial charge >= 0.3 is 0 Å². The van der Waals surface area contributed by atoms with E-state index in [2.05, 4.69) is 5.32 Å². The molecule has 0 fully saturated rings. The lowest BCUT2D eigenvalue weighted by Gasteiger charge is -2.10. The Morgan fingerprint density at radius 3 is 2.50 bits per heavy atom. The maximum absolute atomic E-state index is 11.4. The Morgan fingerprint density at radius 2 is 1.95 bits per heavy atom. The van der Waals surface area contributed by atoms with Crippen LogP contribution in [0.15, 0.2) is 47.4 Å². The minimum absolute atomic E-state index is 0.106. The zero-order valence-electron chi connectivity index (χ0n) is 11.9. The van der Waals surface area contributed by atoms with E-state index >= 15 is 0 Å². The van der Waals surface area contributed by atoms with E-state index in [-0.39, 0.29) is 11.3 Å². The number of carbonyl (C=O) groups excluding carboxylic acids is 1.